The lowest BCUT2D eigenvalue weighted by molar-refractivity contribution is -0.145. The van der Waals surface area contributed by atoms with Gasteiger partial charge in [0.2, 0.25) is 17.7 Å². The molecule has 38 heavy (non-hydrogen) atoms. The molecule has 2 aliphatic rings. The summed E-state index contributed by atoms with van der Waals surface area (Å²) in [5.41, 5.74) is 3.18. The molecule has 4 heterocycles. The smallest absolute Gasteiger partial charge is 0.256 e. The van der Waals surface area contributed by atoms with E-state index in [9.17, 15) is 13.6 Å². The number of anilines is 1. The van der Waals surface area contributed by atoms with Crippen LogP contribution in [0.1, 0.15) is 38.4 Å². The highest BCUT2D eigenvalue weighted by Gasteiger charge is 2.48. The van der Waals surface area contributed by atoms with Gasteiger partial charge in [0, 0.05) is 30.9 Å². The highest BCUT2D eigenvalue weighted by atomic mass is 19.3. The van der Waals surface area contributed by atoms with Gasteiger partial charge in [0.25, 0.3) is 6.43 Å². The molecular formula is C27H31F2N7O2. The summed E-state index contributed by atoms with van der Waals surface area (Å²) in [5.74, 6) is 1.63. The number of H-pyrrole nitrogens is 1. The summed E-state index contributed by atoms with van der Waals surface area (Å²) >= 11 is 0. The summed E-state index contributed by atoms with van der Waals surface area (Å²) in [6.07, 6.45) is 2.98. The van der Waals surface area contributed by atoms with Crippen molar-refractivity contribution in [3.05, 3.63) is 30.2 Å². The zero-order valence-corrected chi connectivity index (χ0v) is 21.7. The van der Waals surface area contributed by atoms with Crippen molar-refractivity contribution < 1.29 is 18.3 Å². The first-order valence-corrected chi connectivity index (χ1v) is 13.0. The van der Waals surface area contributed by atoms with Gasteiger partial charge in [0.1, 0.15) is 11.5 Å². The number of carbonyl (C=O) groups is 1. The van der Waals surface area contributed by atoms with E-state index in [0.717, 1.165) is 49.9 Å². The van der Waals surface area contributed by atoms with Crippen LogP contribution in [0, 0.1) is 12.3 Å². The Kier molecular flexibility index (Phi) is 5.96. The molecule has 1 aliphatic heterocycles. The van der Waals surface area contributed by atoms with E-state index in [1.165, 1.54) is 4.57 Å². The highest BCUT2D eigenvalue weighted by molar-refractivity contribution is 5.99. The number of imidazole rings is 1. The Bertz CT molecular complexity index is 1520. The van der Waals surface area contributed by atoms with E-state index >= 15 is 0 Å². The molecule has 4 aromatic rings. The van der Waals surface area contributed by atoms with E-state index < -0.39 is 13.0 Å². The zero-order chi connectivity index (χ0) is 26.6. The average Bonchev–Trinajstić information content (AvgIpc) is 3.61. The summed E-state index contributed by atoms with van der Waals surface area (Å²) in [5, 5.41) is 4.08. The number of aromatic amines is 1. The molecule has 1 aliphatic carbocycles. The average molecular weight is 524 g/mol. The number of hydrogen-bond acceptors (Lipinski definition) is 6. The van der Waals surface area contributed by atoms with Crippen molar-refractivity contribution in [3.63, 3.8) is 0 Å². The number of rotatable bonds is 7. The molecule has 0 spiro atoms. The van der Waals surface area contributed by atoms with Gasteiger partial charge in [-0.05, 0) is 50.3 Å². The summed E-state index contributed by atoms with van der Waals surface area (Å²) in [6.45, 7) is 5.08. The molecule has 0 radical (unpaired) electrons. The minimum absolute atomic E-state index is 0.101. The SMILES string of the molecule is COc1nc(N[C@H]2C[C@@](C)(C(=O)N3CCCC3)C2)nc2[nH]cc(-c3ccc4nc(C)n(CC(F)F)c4c3)c12. The number of likely N-dealkylation sites (tertiary alicyclic amines) is 1. The Hall–Kier alpha value is -3.76. The summed E-state index contributed by atoms with van der Waals surface area (Å²) in [6, 6.07) is 5.70. The second-order valence-electron chi connectivity index (χ2n) is 10.7. The number of alkyl halides is 2. The third kappa shape index (κ3) is 4.13. The minimum atomic E-state index is -2.48. The first-order valence-electron chi connectivity index (χ1n) is 13.0. The second kappa shape index (κ2) is 9.21. The number of nitrogens with zero attached hydrogens (tertiary/aromatic N) is 5. The molecule has 1 amide bonds. The number of fused-ring (bicyclic) bond motifs is 2. The molecular weight excluding hydrogens is 492 g/mol. The van der Waals surface area contributed by atoms with Crippen molar-refractivity contribution in [1.82, 2.24) is 29.4 Å². The second-order valence-corrected chi connectivity index (χ2v) is 10.7. The molecule has 1 saturated heterocycles. The van der Waals surface area contributed by atoms with Gasteiger partial charge >= 0.3 is 0 Å². The maximum atomic E-state index is 13.2. The number of methoxy groups -OCH3 is 1. The Morgan fingerprint density at radius 3 is 2.71 bits per heavy atom. The Labute approximate surface area is 218 Å². The van der Waals surface area contributed by atoms with Crippen molar-refractivity contribution in [2.24, 2.45) is 5.41 Å². The molecule has 1 saturated carbocycles. The van der Waals surface area contributed by atoms with Crippen molar-refractivity contribution in [2.45, 2.75) is 58.5 Å². The van der Waals surface area contributed by atoms with Gasteiger partial charge in [0.05, 0.1) is 35.5 Å². The van der Waals surface area contributed by atoms with Crippen LogP contribution in [0.2, 0.25) is 0 Å². The van der Waals surface area contributed by atoms with Crippen molar-refractivity contribution in [3.8, 4) is 17.0 Å². The van der Waals surface area contributed by atoms with Crippen molar-refractivity contribution in [1.29, 1.82) is 0 Å². The number of carbonyl (C=O) groups excluding carboxylic acids is 1. The van der Waals surface area contributed by atoms with Gasteiger partial charge in [-0.3, -0.25) is 4.79 Å². The van der Waals surface area contributed by atoms with Crippen LogP contribution in [0.15, 0.2) is 24.4 Å². The lowest BCUT2D eigenvalue weighted by atomic mass is 9.66. The number of amides is 1. The maximum Gasteiger partial charge on any atom is 0.256 e. The summed E-state index contributed by atoms with van der Waals surface area (Å²) < 4.78 is 33.6. The fourth-order valence-corrected chi connectivity index (χ4v) is 6.01. The van der Waals surface area contributed by atoms with Crippen LogP contribution >= 0.6 is 0 Å². The molecule has 0 unspecified atom stereocenters. The fraction of sp³-hybridized carbons (Fsp3) is 0.481. The predicted molar refractivity (Wildman–Crippen MR) is 140 cm³/mol. The number of ether oxygens (including phenoxy) is 1. The largest absolute Gasteiger partial charge is 0.480 e. The third-order valence-corrected chi connectivity index (χ3v) is 7.90. The quantitative estimate of drug-likeness (QED) is 0.362. The molecule has 2 N–H and O–H groups in total. The van der Waals surface area contributed by atoms with E-state index in [2.05, 4.69) is 25.3 Å². The van der Waals surface area contributed by atoms with Gasteiger partial charge in [-0.15, -0.1) is 0 Å². The molecule has 6 rings (SSSR count). The van der Waals surface area contributed by atoms with Gasteiger partial charge in [-0.2, -0.15) is 9.97 Å². The van der Waals surface area contributed by atoms with E-state index in [0.29, 0.717) is 39.7 Å². The number of hydrogen-bond donors (Lipinski definition) is 2. The Balaban J connectivity index is 1.26. The van der Waals surface area contributed by atoms with Gasteiger partial charge in [-0.1, -0.05) is 13.0 Å². The van der Waals surface area contributed by atoms with Crippen LogP contribution in [-0.4, -0.2) is 68.0 Å². The predicted octanol–water partition coefficient (Wildman–Crippen LogP) is 4.76. The van der Waals surface area contributed by atoms with Crippen LogP contribution in [0.3, 0.4) is 0 Å². The van der Waals surface area contributed by atoms with Gasteiger partial charge < -0.3 is 24.5 Å². The summed E-state index contributed by atoms with van der Waals surface area (Å²) in [4.78, 5) is 31.8. The zero-order valence-electron chi connectivity index (χ0n) is 21.7. The molecule has 1 aromatic carbocycles. The minimum Gasteiger partial charge on any atom is -0.480 e. The molecule has 9 nitrogen and oxygen atoms in total. The van der Waals surface area contributed by atoms with E-state index in [-0.39, 0.29) is 17.4 Å². The molecule has 0 atom stereocenters. The number of halogens is 2. The molecule has 0 bridgehead atoms. The first kappa shape index (κ1) is 24.6. The van der Waals surface area contributed by atoms with Crippen molar-refractivity contribution >= 4 is 33.9 Å². The number of benzene rings is 1. The first-order chi connectivity index (χ1) is 18.3. The summed E-state index contributed by atoms with van der Waals surface area (Å²) in [7, 11) is 1.56. The number of aryl methyl sites for hydroxylation is 1. The molecule has 200 valence electrons. The van der Waals surface area contributed by atoms with Gasteiger partial charge in [0.15, 0.2) is 0 Å². The third-order valence-electron chi connectivity index (χ3n) is 7.90. The maximum absolute atomic E-state index is 13.2. The fourth-order valence-electron chi connectivity index (χ4n) is 6.01. The van der Waals surface area contributed by atoms with Crippen molar-refractivity contribution in [2.75, 3.05) is 25.5 Å². The Morgan fingerprint density at radius 1 is 1.24 bits per heavy atom. The lowest BCUT2D eigenvalue weighted by Gasteiger charge is -2.45. The standard InChI is InChI=1S/C27H31F2N7O2/c1-15-31-19-7-6-16(10-20(19)36(15)14-21(28)29)18-13-30-23-22(18)24(38-3)34-26(33-23)32-17-11-27(2,12-17)25(37)35-8-4-5-9-35/h6-7,10,13,17,21H,4-5,8-9,11-12,14H2,1-3H3,(H2,30,32,33,34)/t17-,27+. The number of nitrogens with one attached hydrogen (secondary N) is 2. The van der Waals surface area contributed by atoms with Crippen LogP contribution in [-0.2, 0) is 11.3 Å². The van der Waals surface area contributed by atoms with E-state index in [1.807, 2.05) is 36.2 Å². The Morgan fingerprint density at radius 2 is 2.00 bits per heavy atom. The molecule has 2 fully saturated rings. The van der Waals surface area contributed by atoms with E-state index in [1.54, 1.807) is 14.0 Å². The highest BCUT2D eigenvalue weighted by Crippen LogP contribution is 2.44. The van der Waals surface area contributed by atoms with Crippen LogP contribution in [0.4, 0.5) is 14.7 Å². The topological polar surface area (TPSA) is 101 Å². The van der Waals surface area contributed by atoms with E-state index in [4.69, 9.17) is 4.74 Å². The lowest BCUT2D eigenvalue weighted by Crippen LogP contribution is -2.53. The van der Waals surface area contributed by atoms with Crippen LogP contribution in [0.5, 0.6) is 5.88 Å². The normalized spacial score (nSPS) is 21.4. The van der Waals surface area contributed by atoms with Crippen LogP contribution < -0.4 is 10.1 Å². The monoisotopic (exact) mass is 523 g/mol. The number of aromatic nitrogens is 5. The molecule has 3 aromatic heterocycles. The van der Waals surface area contributed by atoms with Gasteiger partial charge in [-0.25, -0.2) is 13.8 Å². The molecule has 11 heteroatoms. The van der Waals surface area contributed by atoms with Crippen LogP contribution in [0.25, 0.3) is 33.2 Å².